The summed E-state index contributed by atoms with van der Waals surface area (Å²) in [6.45, 7) is 2.72. The highest BCUT2D eigenvalue weighted by atomic mass is 79.9. The molecule has 6 bridgehead atoms. The number of benzene rings is 4. The summed E-state index contributed by atoms with van der Waals surface area (Å²) in [6, 6.07) is 37.1. The first-order valence-electron chi connectivity index (χ1n) is 16.1. The van der Waals surface area contributed by atoms with Gasteiger partial charge in [0.25, 0.3) is 0 Å². The fourth-order valence-electron chi connectivity index (χ4n) is 6.41. The van der Waals surface area contributed by atoms with Crippen LogP contribution in [0.1, 0.15) is 22.3 Å². The SMILES string of the molecule is [Br-].[Br-].c1cc2cc(c1)C[n+]1ccn(c1)Cc1cc3ccccc3nc1Oc1ccccc1Oc1nc3ccccc3cc1Cn1cc[n+](c1)C2. The second kappa shape index (κ2) is 14.3. The molecule has 9 rings (SSSR count). The van der Waals surface area contributed by atoms with Crippen LogP contribution in [0.5, 0.6) is 23.3 Å². The molecule has 0 atom stereocenters. The topological polar surface area (TPSA) is 61.9 Å². The zero-order valence-electron chi connectivity index (χ0n) is 26.9. The summed E-state index contributed by atoms with van der Waals surface area (Å²) in [7, 11) is 0. The summed E-state index contributed by atoms with van der Waals surface area (Å²) in [5.41, 5.74) is 6.15. The maximum Gasteiger partial charge on any atom is 0.244 e. The molecular weight excluding hydrogens is 756 g/mol. The van der Waals surface area contributed by atoms with E-state index in [2.05, 4.69) is 104 Å². The Labute approximate surface area is 310 Å². The lowest BCUT2D eigenvalue weighted by atomic mass is 10.1. The molecule has 0 aliphatic carbocycles. The van der Waals surface area contributed by atoms with Gasteiger partial charge in [-0.05, 0) is 53.6 Å². The van der Waals surface area contributed by atoms with E-state index in [9.17, 15) is 0 Å². The third kappa shape index (κ3) is 6.90. The van der Waals surface area contributed by atoms with Gasteiger partial charge in [-0.1, -0.05) is 66.7 Å². The van der Waals surface area contributed by atoms with Crippen molar-refractivity contribution in [3.05, 3.63) is 169 Å². The number of rotatable bonds is 0. The first kappa shape index (κ1) is 33.2. The molecule has 248 valence electrons. The van der Waals surface area contributed by atoms with Gasteiger partial charge in [0, 0.05) is 10.8 Å². The lowest BCUT2D eigenvalue weighted by molar-refractivity contribution is -0.688. The van der Waals surface area contributed by atoms with Gasteiger partial charge in [-0.25, -0.2) is 28.2 Å². The first-order chi connectivity index (χ1) is 23.7. The van der Waals surface area contributed by atoms with Gasteiger partial charge in [0.05, 0.1) is 22.2 Å². The average molecular weight is 789 g/mol. The van der Waals surface area contributed by atoms with Crippen LogP contribution in [0.4, 0.5) is 0 Å². The van der Waals surface area contributed by atoms with Gasteiger partial charge in [0.15, 0.2) is 11.5 Å². The molecule has 0 saturated carbocycles. The van der Waals surface area contributed by atoms with Crippen molar-refractivity contribution in [2.75, 3.05) is 0 Å². The third-order valence-electron chi connectivity index (χ3n) is 8.71. The molecule has 10 heteroatoms. The van der Waals surface area contributed by atoms with E-state index in [-0.39, 0.29) is 34.0 Å². The van der Waals surface area contributed by atoms with Crippen molar-refractivity contribution in [2.45, 2.75) is 26.2 Å². The monoisotopic (exact) mass is 786 g/mol. The zero-order chi connectivity index (χ0) is 31.9. The van der Waals surface area contributed by atoms with Crippen molar-refractivity contribution in [1.29, 1.82) is 0 Å². The fraction of sp³-hybridized carbons (Fsp3) is 0.100. The molecule has 0 unspecified atom stereocenters. The summed E-state index contributed by atoms with van der Waals surface area (Å²) < 4.78 is 22.1. The third-order valence-corrected chi connectivity index (χ3v) is 8.71. The summed E-state index contributed by atoms with van der Waals surface area (Å²) >= 11 is 0. The van der Waals surface area contributed by atoms with E-state index in [0.29, 0.717) is 36.3 Å². The van der Waals surface area contributed by atoms with Gasteiger partial charge in [-0.2, -0.15) is 0 Å². The van der Waals surface area contributed by atoms with Gasteiger partial charge in [-0.3, -0.25) is 0 Å². The number of nitrogens with zero attached hydrogens (tertiary/aromatic N) is 6. The Morgan fingerprint density at radius 1 is 0.520 bits per heavy atom. The van der Waals surface area contributed by atoms with Gasteiger partial charge >= 0.3 is 0 Å². The fourth-order valence-corrected chi connectivity index (χ4v) is 6.41. The van der Waals surface area contributed by atoms with Crippen LogP contribution >= 0.6 is 0 Å². The standard InChI is InChI=1S/C40H32N6O2.2BrH/c1-3-12-35-31(10-1)21-33-25-45-18-16-43(27-45)23-29-8-7-9-30(20-29)24-44-17-19-46(28-44)26-34-22-32-11-2-4-13-36(32)42-40(34)48-38-15-6-5-14-37(38)47-39(33)41-35;;/h1-22,27-28H,23-26H2;2*1H/q+2;;/p-2. The Bertz CT molecular complexity index is 2290. The molecule has 8 aromatic rings. The highest BCUT2D eigenvalue weighted by Gasteiger charge is 2.19. The van der Waals surface area contributed by atoms with Crippen molar-refractivity contribution in [3.63, 3.8) is 0 Å². The molecule has 0 spiro atoms. The van der Waals surface area contributed by atoms with E-state index in [0.717, 1.165) is 46.0 Å². The van der Waals surface area contributed by atoms with Crippen LogP contribution in [0.2, 0.25) is 0 Å². The Morgan fingerprint density at radius 2 is 0.980 bits per heavy atom. The van der Waals surface area contributed by atoms with Crippen LogP contribution in [0.3, 0.4) is 0 Å². The molecule has 1 aliphatic heterocycles. The Hall–Kier alpha value is -5.32. The molecule has 4 aromatic carbocycles. The molecule has 0 fully saturated rings. The van der Waals surface area contributed by atoms with Crippen LogP contribution in [0.15, 0.2) is 147 Å². The molecule has 8 nitrogen and oxygen atoms in total. The van der Waals surface area contributed by atoms with Crippen molar-refractivity contribution in [2.24, 2.45) is 0 Å². The van der Waals surface area contributed by atoms with E-state index < -0.39 is 0 Å². The zero-order valence-corrected chi connectivity index (χ0v) is 30.1. The summed E-state index contributed by atoms with van der Waals surface area (Å²) in [5.74, 6) is 2.20. The second-order valence-electron chi connectivity index (χ2n) is 12.3. The summed E-state index contributed by atoms with van der Waals surface area (Å²) in [6.07, 6.45) is 12.7. The molecule has 0 amide bonds. The van der Waals surface area contributed by atoms with Gasteiger partial charge in [0.2, 0.25) is 24.4 Å². The van der Waals surface area contributed by atoms with E-state index >= 15 is 0 Å². The molecule has 4 aromatic heterocycles. The van der Waals surface area contributed by atoms with E-state index in [4.69, 9.17) is 19.4 Å². The predicted octanol–water partition coefficient (Wildman–Crippen LogP) is 1.06. The number of aromatic nitrogens is 6. The molecule has 50 heavy (non-hydrogen) atoms. The van der Waals surface area contributed by atoms with Gasteiger partial charge < -0.3 is 43.4 Å². The number of ether oxygens (including phenoxy) is 2. The van der Waals surface area contributed by atoms with Crippen molar-refractivity contribution >= 4 is 21.8 Å². The maximum atomic E-state index is 6.66. The van der Waals surface area contributed by atoms with E-state index in [1.165, 1.54) is 11.1 Å². The minimum absolute atomic E-state index is 0. The highest BCUT2D eigenvalue weighted by Crippen LogP contribution is 2.37. The first-order valence-corrected chi connectivity index (χ1v) is 16.1. The number of imidazole rings is 2. The van der Waals surface area contributed by atoms with Crippen LogP contribution < -0.4 is 52.6 Å². The average Bonchev–Trinajstić information content (AvgIpc) is 3.74. The van der Waals surface area contributed by atoms with Gasteiger partial charge in [-0.15, -0.1) is 0 Å². The van der Waals surface area contributed by atoms with Crippen molar-refractivity contribution in [3.8, 4) is 23.3 Å². The quantitative estimate of drug-likeness (QED) is 0.216. The lowest BCUT2D eigenvalue weighted by Gasteiger charge is -2.15. The van der Waals surface area contributed by atoms with Crippen LogP contribution in [0, 0.1) is 0 Å². The smallest absolute Gasteiger partial charge is 0.244 e. The molecule has 0 saturated heterocycles. The molecule has 5 heterocycles. The Morgan fingerprint density at radius 3 is 1.48 bits per heavy atom. The Kier molecular flexibility index (Phi) is 9.47. The molecule has 0 radical (unpaired) electrons. The highest BCUT2D eigenvalue weighted by molar-refractivity contribution is 5.81. The molecular formula is C40H32Br2N6O2. The van der Waals surface area contributed by atoms with Crippen molar-refractivity contribution < 1.29 is 52.6 Å². The largest absolute Gasteiger partial charge is 1.00 e. The number of para-hydroxylation sites is 4. The summed E-state index contributed by atoms with van der Waals surface area (Å²) in [4.78, 5) is 9.99. The van der Waals surface area contributed by atoms with E-state index in [1.807, 2.05) is 60.7 Å². The number of hydrogen-bond acceptors (Lipinski definition) is 4. The van der Waals surface area contributed by atoms with Crippen LogP contribution in [0.25, 0.3) is 21.8 Å². The number of fused-ring (bicyclic) bond motifs is 11. The van der Waals surface area contributed by atoms with E-state index in [1.54, 1.807) is 0 Å². The normalized spacial score (nSPS) is 12.5. The van der Waals surface area contributed by atoms with Crippen molar-refractivity contribution in [1.82, 2.24) is 19.1 Å². The lowest BCUT2D eigenvalue weighted by Crippen LogP contribution is -3.00. The predicted molar refractivity (Wildman–Crippen MR) is 182 cm³/mol. The minimum Gasteiger partial charge on any atom is -1.00 e. The molecule has 0 N–H and O–H groups in total. The van der Waals surface area contributed by atoms with Crippen LogP contribution in [-0.4, -0.2) is 19.1 Å². The van der Waals surface area contributed by atoms with Crippen LogP contribution in [-0.2, 0) is 26.2 Å². The molecule has 1 aliphatic rings. The second-order valence-corrected chi connectivity index (χ2v) is 12.3. The number of halogens is 2. The Balaban J connectivity index is 0.00000196. The van der Waals surface area contributed by atoms with Gasteiger partial charge in [0.1, 0.15) is 51.0 Å². The summed E-state index contributed by atoms with van der Waals surface area (Å²) in [5, 5.41) is 2.12. The number of hydrogen-bond donors (Lipinski definition) is 0. The number of pyridine rings is 2. The minimum atomic E-state index is 0. The maximum absolute atomic E-state index is 6.66.